The summed E-state index contributed by atoms with van der Waals surface area (Å²) in [4.78, 5) is 26.2. The van der Waals surface area contributed by atoms with Crippen molar-refractivity contribution >= 4 is 46.9 Å². The second-order valence-corrected chi connectivity index (χ2v) is 7.81. The quantitative estimate of drug-likeness (QED) is 0.476. The second kappa shape index (κ2) is 9.20. The molecule has 3 aromatic rings. The van der Waals surface area contributed by atoms with Crippen LogP contribution < -0.4 is 10.9 Å². The maximum absolute atomic E-state index is 12.1. The van der Waals surface area contributed by atoms with Crippen LogP contribution in [0.5, 0.6) is 0 Å². The molecule has 1 aromatic carbocycles. The number of amides is 2. The van der Waals surface area contributed by atoms with Crippen molar-refractivity contribution < 1.29 is 9.59 Å². The first-order valence-corrected chi connectivity index (χ1v) is 10.2. The van der Waals surface area contributed by atoms with E-state index in [0.717, 1.165) is 20.9 Å². The lowest BCUT2D eigenvalue weighted by atomic mass is 10.1. The fraction of sp³-hybridized carbons (Fsp3) is 0.100. The van der Waals surface area contributed by atoms with Gasteiger partial charge in [-0.25, -0.2) is 10.9 Å². The van der Waals surface area contributed by atoms with Gasteiger partial charge < -0.3 is 0 Å². The number of nitrogens with zero attached hydrogens (tertiary/aromatic N) is 2. The lowest BCUT2D eigenvalue weighted by Crippen LogP contribution is -2.19. The highest BCUT2D eigenvalue weighted by Gasteiger charge is 2.08. The first-order valence-electron chi connectivity index (χ1n) is 8.39. The lowest BCUT2D eigenvalue weighted by Gasteiger charge is -2.02. The van der Waals surface area contributed by atoms with E-state index >= 15 is 0 Å². The molecule has 2 amide bonds. The summed E-state index contributed by atoms with van der Waals surface area (Å²) in [5.74, 6) is -0.688. The summed E-state index contributed by atoms with van der Waals surface area (Å²) in [5, 5.41) is 11.9. The molecule has 0 fully saturated rings. The summed E-state index contributed by atoms with van der Waals surface area (Å²) in [7, 11) is 0. The molecule has 28 heavy (non-hydrogen) atoms. The predicted molar refractivity (Wildman–Crippen MR) is 115 cm³/mol. The van der Waals surface area contributed by atoms with Gasteiger partial charge in [-0.2, -0.15) is 10.2 Å². The van der Waals surface area contributed by atoms with Crippen LogP contribution in [0.1, 0.15) is 41.6 Å². The van der Waals surface area contributed by atoms with E-state index in [2.05, 4.69) is 21.1 Å². The zero-order chi connectivity index (χ0) is 19.9. The molecule has 0 saturated heterocycles. The largest absolute Gasteiger partial charge is 0.271 e. The highest BCUT2D eigenvalue weighted by atomic mass is 32.1. The van der Waals surface area contributed by atoms with Crippen molar-refractivity contribution in [1.29, 1.82) is 0 Å². The van der Waals surface area contributed by atoms with Gasteiger partial charge in [-0.3, -0.25) is 9.59 Å². The molecule has 6 nitrogen and oxygen atoms in total. The summed E-state index contributed by atoms with van der Waals surface area (Å²) in [5.41, 5.74) is 8.00. The van der Waals surface area contributed by atoms with Gasteiger partial charge in [0.25, 0.3) is 11.8 Å². The zero-order valence-electron chi connectivity index (χ0n) is 15.3. The van der Waals surface area contributed by atoms with E-state index in [9.17, 15) is 9.59 Å². The third kappa shape index (κ3) is 4.99. The first kappa shape index (κ1) is 19.7. The summed E-state index contributed by atoms with van der Waals surface area (Å²) in [6.45, 7) is 3.96. The Hall–Kier alpha value is -3.10. The van der Waals surface area contributed by atoms with Crippen molar-refractivity contribution in [1.82, 2.24) is 10.9 Å². The number of hydrogen-bond acceptors (Lipinski definition) is 6. The van der Waals surface area contributed by atoms with E-state index in [-0.39, 0.29) is 11.8 Å². The summed E-state index contributed by atoms with van der Waals surface area (Å²) in [6.07, 6.45) is 3.24. The van der Waals surface area contributed by atoms with Crippen LogP contribution in [0, 0.1) is 13.8 Å². The zero-order valence-corrected chi connectivity index (χ0v) is 16.9. The molecule has 142 valence electrons. The van der Waals surface area contributed by atoms with Crippen molar-refractivity contribution in [3.63, 3.8) is 0 Å². The minimum absolute atomic E-state index is 0.344. The Morgan fingerprint density at radius 2 is 1.14 bits per heavy atom. The van der Waals surface area contributed by atoms with Crippen molar-refractivity contribution in [2.45, 2.75) is 13.8 Å². The van der Waals surface area contributed by atoms with Gasteiger partial charge in [0.2, 0.25) is 0 Å². The number of hydrogen-bond donors (Lipinski definition) is 2. The fourth-order valence-corrected chi connectivity index (χ4v) is 3.81. The van der Waals surface area contributed by atoms with Crippen LogP contribution in [0.15, 0.2) is 57.4 Å². The van der Waals surface area contributed by atoms with Crippen LogP contribution in [-0.2, 0) is 0 Å². The average molecular weight is 411 g/mol. The maximum Gasteiger partial charge on any atom is 0.271 e. The number of nitrogens with one attached hydrogen (secondary N) is 2. The predicted octanol–water partition coefficient (Wildman–Crippen LogP) is 3.95. The Kier molecular flexibility index (Phi) is 6.46. The molecular weight excluding hydrogens is 392 g/mol. The first-order chi connectivity index (χ1) is 13.5. The molecule has 8 heteroatoms. The van der Waals surface area contributed by atoms with Crippen molar-refractivity contribution in [2.75, 3.05) is 0 Å². The molecule has 0 saturated carbocycles. The van der Waals surface area contributed by atoms with Gasteiger partial charge in [-0.05, 0) is 72.1 Å². The highest BCUT2D eigenvalue weighted by Crippen LogP contribution is 2.13. The van der Waals surface area contributed by atoms with Crippen LogP contribution in [0.4, 0.5) is 0 Å². The van der Waals surface area contributed by atoms with Crippen molar-refractivity contribution in [3.8, 4) is 0 Å². The second-order valence-electron chi connectivity index (χ2n) is 5.91. The van der Waals surface area contributed by atoms with Gasteiger partial charge >= 0.3 is 0 Å². The third-order valence-electron chi connectivity index (χ3n) is 3.91. The maximum atomic E-state index is 12.1. The number of thiophene rings is 2. The molecule has 0 bridgehead atoms. The Morgan fingerprint density at radius 3 is 1.46 bits per heavy atom. The molecule has 2 heterocycles. The van der Waals surface area contributed by atoms with Gasteiger partial charge in [-0.15, -0.1) is 22.7 Å². The molecule has 0 aliphatic rings. The SMILES string of the molecule is Cc1ccsc1C=NNC(=O)c1ccc(C(=O)NN=Cc2sccc2C)cc1. The van der Waals surface area contributed by atoms with Gasteiger partial charge in [0.05, 0.1) is 12.4 Å². The number of carbonyl (C=O) groups is 2. The van der Waals surface area contributed by atoms with Gasteiger partial charge in [0, 0.05) is 20.9 Å². The monoisotopic (exact) mass is 410 g/mol. The van der Waals surface area contributed by atoms with Crippen molar-refractivity contribution in [2.24, 2.45) is 10.2 Å². The van der Waals surface area contributed by atoms with E-state index in [1.807, 2.05) is 36.7 Å². The topological polar surface area (TPSA) is 82.9 Å². The molecular formula is C20H18N4O2S2. The Labute approximate surface area is 170 Å². The molecule has 0 spiro atoms. The fourth-order valence-electron chi connectivity index (χ4n) is 2.23. The average Bonchev–Trinajstić information content (AvgIpc) is 3.30. The molecule has 3 rings (SSSR count). The molecule has 0 unspecified atom stereocenters. The van der Waals surface area contributed by atoms with E-state index in [4.69, 9.17) is 0 Å². The summed E-state index contributed by atoms with van der Waals surface area (Å²) >= 11 is 3.11. The van der Waals surface area contributed by atoms with Crippen LogP contribution in [0.25, 0.3) is 0 Å². The minimum atomic E-state index is -0.344. The van der Waals surface area contributed by atoms with Crippen LogP contribution in [0.2, 0.25) is 0 Å². The Bertz CT molecular complexity index is 949. The summed E-state index contributed by atoms with van der Waals surface area (Å²) in [6, 6.07) is 10.3. The molecule has 2 N–H and O–H groups in total. The van der Waals surface area contributed by atoms with E-state index in [1.165, 1.54) is 0 Å². The number of hydrazone groups is 2. The van der Waals surface area contributed by atoms with E-state index < -0.39 is 0 Å². The number of aryl methyl sites for hydroxylation is 2. The molecule has 2 aromatic heterocycles. The van der Waals surface area contributed by atoms with Gasteiger partial charge in [0.1, 0.15) is 0 Å². The number of carbonyl (C=O) groups excluding carboxylic acids is 2. The number of rotatable bonds is 6. The third-order valence-corrected chi connectivity index (χ3v) is 5.82. The standard InChI is InChI=1S/C20H18N4O2S2/c1-13-7-9-27-17(13)11-21-23-19(25)15-3-5-16(6-4-15)20(26)24-22-12-18-14(2)8-10-28-18/h3-12H,1-2H3,(H,23,25)(H,24,26). The van der Waals surface area contributed by atoms with E-state index in [0.29, 0.717) is 11.1 Å². The van der Waals surface area contributed by atoms with Crippen LogP contribution in [-0.4, -0.2) is 24.2 Å². The van der Waals surface area contributed by atoms with Crippen molar-refractivity contribution in [3.05, 3.63) is 79.2 Å². The smallest absolute Gasteiger partial charge is 0.267 e. The Balaban J connectivity index is 1.55. The van der Waals surface area contributed by atoms with Crippen LogP contribution in [0.3, 0.4) is 0 Å². The highest BCUT2D eigenvalue weighted by molar-refractivity contribution is 7.12. The normalized spacial score (nSPS) is 11.2. The van der Waals surface area contributed by atoms with Gasteiger partial charge in [0.15, 0.2) is 0 Å². The Morgan fingerprint density at radius 1 is 0.750 bits per heavy atom. The summed E-state index contributed by atoms with van der Waals surface area (Å²) < 4.78 is 0. The molecule has 0 atom stereocenters. The van der Waals surface area contributed by atoms with E-state index in [1.54, 1.807) is 59.4 Å². The van der Waals surface area contributed by atoms with Gasteiger partial charge in [-0.1, -0.05) is 0 Å². The molecule has 0 radical (unpaired) electrons. The molecule has 0 aliphatic heterocycles. The minimum Gasteiger partial charge on any atom is -0.267 e. The lowest BCUT2D eigenvalue weighted by molar-refractivity contribution is 0.0943. The van der Waals surface area contributed by atoms with Crippen LogP contribution >= 0.6 is 22.7 Å². The number of benzene rings is 1. The molecule has 0 aliphatic carbocycles.